The fraction of sp³-hybridized carbons (Fsp3) is 0.848. The maximum atomic E-state index is 12.8. The lowest BCUT2D eigenvalue weighted by molar-refractivity contribution is -0.334. The van der Waals surface area contributed by atoms with Crippen LogP contribution in [-0.2, 0) is 23.9 Å². The van der Waals surface area contributed by atoms with Crippen molar-refractivity contribution in [3.05, 3.63) is 12.2 Å². The van der Waals surface area contributed by atoms with Crippen molar-refractivity contribution < 1.29 is 29.0 Å². The number of carbonyl (C=O) groups is 3. The van der Waals surface area contributed by atoms with Crippen LogP contribution in [0.15, 0.2) is 12.2 Å². The predicted octanol–water partition coefficient (Wildman–Crippen LogP) is 7.06. The topological polar surface area (TPSA) is 114 Å². The highest BCUT2D eigenvalue weighted by Crippen LogP contribution is 2.41. The standard InChI is InChI=1S/C33H60N2O6/c1-6-7-8-9-10-11-12-13-14-15-16-17-18-19-20-23-28(36)34-25-21-22-27-32(2,3)30(41-33(4,5)40-27)31(39)35-26-24-29(37)38/h13-14,27,30H,6-12,15-26H2,1-5H3,(H,34,36)(H,35,39)(H,37,38). The largest absolute Gasteiger partial charge is 0.481 e. The molecule has 0 saturated carbocycles. The number of nitrogens with one attached hydrogen (secondary N) is 2. The van der Waals surface area contributed by atoms with Crippen molar-refractivity contribution in [1.82, 2.24) is 10.6 Å². The summed E-state index contributed by atoms with van der Waals surface area (Å²) in [6, 6.07) is 0. The fourth-order valence-corrected chi connectivity index (χ4v) is 5.29. The fourth-order valence-electron chi connectivity index (χ4n) is 5.29. The molecule has 8 heteroatoms. The maximum Gasteiger partial charge on any atom is 0.305 e. The van der Waals surface area contributed by atoms with Crippen LogP contribution < -0.4 is 10.6 Å². The van der Waals surface area contributed by atoms with Crippen LogP contribution in [0, 0.1) is 5.41 Å². The summed E-state index contributed by atoms with van der Waals surface area (Å²) in [5.41, 5.74) is -0.615. The third kappa shape index (κ3) is 16.9. The van der Waals surface area contributed by atoms with Crippen LogP contribution in [-0.4, -0.2) is 54.0 Å². The molecule has 2 amide bonds. The molecule has 2 unspecified atom stereocenters. The third-order valence-corrected chi connectivity index (χ3v) is 7.84. The van der Waals surface area contributed by atoms with Gasteiger partial charge in [0.2, 0.25) is 11.8 Å². The van der Waals surface area contributed by atoms with Crippen molar-refractivity contribution in [3.8, 4) is 0 Å². The van der Waals surface area contributed by atoms with E-state index in [1.165, 1.54) is 64.2 Å². The Bertz CT molecular complexity index is 780. The van der Waals surface area contributed by atoms with Crippen molar-refractivity contribution in [3.63, 3.8) is 0 Å². The van der Waals surface area contributed by atoms with Gasteiger partial charge in [0.25, 0.3) is 0 Å². The van der Waals surface area contributed by atoms with Gasteiger partial charge in [0.1, 0.15) is 6.10 Å². The van der Waals surface area contributed by atoms with Gasteiger partial charge >= 0.3 is 5.97 Å². The Hall–Kier alpha value is -1.93. The molecule has 2 atom stereocenters. The van der Waals surface area contributed by atoms with E-state index in [0.29, 0.717) is 19.4 Å². The molecule has 1 aliphatic heterocycles. The van der Waals surface area contributed by atoms with Gasteiger partial charge in [-0.3, -0.25) is 14.4 Å². The molecule has 0 bridgehead atoms. The van der Waals surface area contributed by atoms with Gasteiger partial charge in [-0.2, -0.15) is 0 Å². The number of ether oxygens (including phenoxy) is 2. The van der Waals surface area contributed by atoms with Crippen LogP contribution in [0.5, 0.6) is 0 Å². The number of hydrogen-bond donors (Lipinski definition) is 3. The molecule has 0 spiro atoms. The molecule has 41 heavy (non-hydrogen) atoms. The zero-order valence-corrected chi connectivity index (χ0v) is 26.7. The summed E-state index contributed by atoms with van der Waals surface area (Å²) in [4.78, 5) is 35.8. The van der Waals surface area contributed by atoms with E-state index in [4.69, 9.17) is 14.6 Å². The summed E-state index contributed by atoms with van der Waals surface area (Å²) in [7, 11) is 0. The average Bonchev–Trinajstić information content (AvgIpc) is 2.90. The molecule has 1 saturated heterocycles. The molecule has 0 aliphatic carbocycles. The van der Waals surface area contributed by atoms with E-state index in [0.717, 1.165) is 25.7 Å². The van der Waals surface area contributed by atoms with Crippen molar-refractivity contribution in [1.29, 1.82) is 0 Å². The quantitative estimate of drug-likeness (QED) is 0.0881. The summed E-state index contributed by atoms with van der Waals surface area (Å²) in [5.74, 6) is -2.14. The van der Waals surface area contributed by atoms with Gasteiger partial charge in [0.15, 0.2) is 5.79 Å². The lowest BCUT2D eigenvalue weighted by Crippen LogP contribution is -2.60. The van der Waals surface area contributed by atoms with E-state index < -0.39 is 23.3 Å². The molecule has 1 heterocycles. The molecule has 1 aliphatic rings. The summed E-state index contributed by atoms with van der Waals surface area (Å²) in [5, 5.41) is 14.5. The lowest BCUT2D eigenvalue weighted by Gasteiger charge is -2.50. The Morgan fingerprint density at radius 1 is 0.732 bits per heavy atom. The minimum absolute atomic E-state index is 0.0544. The molecule has 1 fully saturated rings. The number of carbonyl (C=O) groups excluding carboxylic acids is 2. The monoisotopic (exact) mass is 580 g/mol. The van der Waals surface area contributed by atoms with Crippen molar-refractivity contribution in [2.45, 2.75) is 162 Å². The number of hydrogen-bond acceptors (Lipinski definition) is 5. The smallest absolute Gasteiger partial charge is 0.305 e. The number of carboxylic acids is 1. The second-order valence-electron chi connectivity index (χ2n) is 12.6. The number of amides is 2. The molecule has 0 radical (unpaired) electrons. The molecule has 8 nitrogen and oxygen atoms in total. The SMILES string of the molecule is CCCCCCCCC=CCCCCCCCC(=O)NCCCC1OC(C)(C)OC(C(=O)NCCC(=O)O)C1(C)C. The van der Waals surface area contributed by atoms with Gasteiger partial charge < -0.3 is 25.2 Å². The van der Waals surface area contributed by atoms with Crippen molar-refractivity contribution in [2.75, 3.05) is 13.1 Å². The molecule has 0 aromatic heterocycles. The Kier molecular flexibility index (Phi) is 18.9. The summed E-state index contributed by atoms with van der Waals surface area (Å²) in [6.45, 7) is 10.3. The number of unbranched alkanes of at least 4 members (excludes halogenated alkanes) is 11. The minimum atomic E-state index is -0.963. The first kappa shape index (κ1) is 37.1. The summed E-state index contributed by atoms with van der Waals surface area (Å²) < 4.78 is 12.1. The zero-order valence-electron chi connectivity index (χ0n) is 26.7. The van der Waals surface area contributed by atoms with Crippen molar-refractivity contribution >= 4 is 17.8 Å². The molecule has 0 aromatic carbocycles. The number of rotatable bonds is 23. The first-order valence-corrected chi connectivity index (χ1v) is 16.3. The van der Waals surface area contributed by atoms with Gasteiger partial charge in [-0.25, -0.2) is 0 Å². The van der Waals surface area contributed by atoms with Crippen LogP contribution in [0.25, 0.3) is 0 Å². The van der Waals surface area contributed by atoms with E-state index >= 15 is 0 Å². The maximum absolute atomic E-state index is 12.8. The van der Waals surface area contributed by atoms with E-state index in [-0.39, 0.29) is 30.9 Å². The highest BCUT2D eigenvalue weighted by molar-refractivity contribution is 5.82. The molecular weight excluding hydrogens is 520 g/mol. The van der Waals surface area contributed by atoms with Crippen LogP contribution in [0.4, 0.5) is 0 Å². The average molecular weight is 581 g/mol. The summed E-state index contributed by atoms with van der Waals surface area (Å²) >= 11 is 0. The Balaban J connectivity index is 2.17. The number of carboxylic acid groups (broad SMARTS) is 1. The third-order valence-electron chi connectivity index (χ3n) is 7.84. The highest BCUT2D eigenvalue weighted by atomic mass is 16.7. The van der Waals surface area contributed by atoms with Gasteiger partial charge in [0.05, 0.1) is 12.5 Å². The molecular formula is C33H60N2O6. The molecule has 0 aromatic rings. The second-order valence-corrected chi connectivity index (χ2v) is 12.6. The van der Waals surface area contributed by atoms with E-state index in [1.807, 2.05) is 13.8 Å². The van der Waals surface area contributed by atoms with E-state index in [9.17, 15) is 14.4 Å². The van der Waals surface area contributed by atoms with E-state index in [2.05, 4.69) is 29.7 Å². The van der Waals surface area contributed by atoms with Gasteiger partial charge in [-0.1, -0.05) is 84.3 Å². The predicted molar refractivity (Wildman–Crippen MR) is 165 cm³/mol. The molecule has 1 rings (SSSR count). The van der Waals surface area contributed by atoms with Crippen LogP contribution in [0.1, 0.15) is 144 Å². The Labute approximate surface area is 249 Å². The van der Waals surface area contributed by atoms with Gasteiger partial charge in [-0.15, -0.1) is 0 Å². The van der Waals surface area contributed by atoms with E-state index in [1.54, 1.807) is 13.8 Å². The Morgan fingerprint density at radius 3 is 1.93 bits per heavy atom. The highest BCUT2D eigenvalue weighted by Gasteiger charge is 2.51. The lowest BCUT2D eigenvalue weighted by atomic mass is 9.77. The first-order valence-electron chi connectivity index (χ1n) is 16.3. The van der Waals surface area contributed by atoms with Gasteiger partial charge in [-0.05, 0) is 58.8 Å². The zero-order chi connectivity index (χ0) is 30.6. The normalized spacial score (nSPS) is 19.7. The first-order chi connectivity index (χ1) is 19.5. The van der Waals surface area contributed by atoms with Crippen LogP contribution in [0.3, 0.4) is 0 Å². The number of allylic oxidation sites excluding steroid dienone is 2. The van der Waals surface area contributed by atoms with Gasteiger partial charge in [0, 0.05) is 24.9 Å². The Morgan fingerprint density at radius 2 is 1.32 bits per heavy atom. The number of aliphatic carboxylic acids is 1. The van der Waals surface area contributed by atoms with Crippen molar-refractivity contribution in [2.24, 2.45) is 5.41 Å². The second kappa shape index (κ2) is 20.9. The van der Waals surface area contributed by atoms with Crippen LogP contribution in [0.2, 0.25) is 0 Å². The van der Waals surface area contributed by atoms with Crippen LogP contribution >= 0.6 is 0 Å². The minimum Gasteiger partial charge on any atom is -0.481 e. The molecule has 238 valence electrons. The molecule has 3 N–H and O–H groups in total. The summed E-state index contributed by atoms with van der Waals surface area (Å²) in [6.07, 6.45) is 21.6.